The Balaban J connectivity index is 1.92. The maximum atomic E-state index is 5.22. The number of hydrogen-bond acceptors (Lipinski definition) is 3. The molecule has 1 aromatic rings. The number of ether oxygens (including phenoxy) is 1. The number of benzene rings is 1. The van der Waals surface area contributed by atoms with Crippen LogP contribution in [0.3, 0.4) is 0 Å². The summed E-state index contributed by atoms with van der Waals surface area (Å²) in [4.78, 5) is 7.33. The first-order valence-electron chi connectivity index (χ1n) is 9.07. The van der Waals surface area contributed by atoms with Crippen LogP contribution in [0.15, 0.2) is 35.3 Å². The molecule has 134 valence electrons. The molecule has 1 aliphatic heterocycles. The van der Waals surface area contributed by atoms with Crippen molar-refractivity contribution in [1.29, 1.82) is 0 Å². The zero-order chi connectivity index (χ0) is 17.2. The summed E-state index contributed by atoms with van der Waals surface area (Å²) in [5, 5.41) is 6.87. The summed E-state index contributed by atoms with van der Waals surface area (Å²) in [6.07, 6.45) is 2.48. The highest BCUT2D eigenvalue weighted by atomic mass is 16.5. The number of rotatable bonds is 8. The van der Waals surface area contributed by atoms with E-state index >= 15 is 0 Å². The van der Waals surface area contributed by atoms with Crippen LogP contribution < -0.4 is 10.6 Å². The van der Waals surface area contributed by atoms with E-state index < -0.39 is 0 Å². The molecule has 0 aromatic heterocycles. The largest absolute Gasteiger partial charge is 0.383 e. The van der Waals surface area contributed by atoms with Crippen molar-refractivity contribution >= 4 is 5.96 Å². The fourth-order valence-corrected chi connectivity index (χ4v) is 3.15. The third-order valence-corrected chi connectivity index (χ3v) is 4.54. The molecule has 1 fully saturated rings. The lowest BCUT2D eigenvalue weighted by molar-refractivity contribution is 0.142. The molecule has 0 aliphatic carbocycles. The minimum absolute atomic E-state index is 0.233. The van der Waals surface area contributed by atoms with Crippen molar-refractivity contribution < 1.29 is 4.74 Å². The van der Waals surface area contributed by atoms with E-state index in [0.717, 1.165) is 38.7 Å². The molecular weight excluding hydrogens is 300 g/mol. The molecule has 5 nitrogen and oxygen atoms in total. The predicted molar refractivity (Wildman–Crippen MR) is 100 cm³/mol. The van der Waals surface area contributed by atoms with Crippen LogP contribution in [-0.4, -0.2) is 56.8 Å². The molecule has 1 aromatic carbocycles. The average molecular weight is 332 g/mol. The first-order valence-corrected chi connectivity index (χ1v) is 9.07. The molecular formula is C19H32N4O. The molecule has 1 heterocycles. The van der Waals surface area contributed by atoms with Gasteiger partial charge in [0, 0.05) is 26.2 Å². The van der Waals surface area contributed by atoms with Crippen molar-refractivity contribution in [3.8, 4) is 0 Å². The van der Waals surface area contributed by atoms with Crippen LogP contribution >= 0.6 is 0 Å². The molecule has 1 saturated heterocycles. The van der Waals surface area contributed by atoms with E-state index in [1.54, 1.807) is 7.11 Å². The molecule has 0 bridgehead atoms. The maximum Gasteiger partial charge on any atom is 0.191 e. The average Bonchev–Trinajstić information content (AvgIpc) is 3.06. The van der Waals surface area contributed by atoms with Gasteiger partial charge in [0.1, 0.15) is 0 Å². The van der Waals surface area contributed by atoms with E-state index in [4.69, 9.17) is 9.73 Å². The number of hydrogen-bond donors (Lipinski definition) is 2. The quantitative estimate of drug-likeness (QED) is 0.567. The van der Waals surface area contributed by atoms with Gasteiger partial charge in [0.2, 0.25) is 0 Å². The van der Waals surface area contributed by atoms with Crippen molar-refractivity contribution in [2.75, 3.05) is 39.9 Å². The van der Waals surface area contributed by atoms with Gasteiger partial charge in [0.25, 0.3) is 0 Å². The van der Waals surface area contributed by atoms with Gasteiger partial charge in [-0.2, -0.15) is 0 Å². The summed E-state index contributed by atoms with van der Waals surface area (Å²) in [5.41, 5.74) is 1.27. The van der Waals surface area contributed by atoms with Crippen molar-refractivity contribution in [1.82, 2.24) is 15.5 Å². The number of likely N-dealkylation sites (tertiary alicyclic amines) is 1. The summed E-state index contributed by atoms with van der Waals surface area (Å²) in [6, 6.07) is 11.2. The molecule has 0 spiro atoms. The summed E-state index contributed by atoms with van der Waals surface area (Å²) in [7, 11) is 1.77. The van der Waals surface area contributed by atoms with Crippen LogP contribution in [0.1, 0.15) is 38.3 Å². The topological polar surface area (TPSA) is 48.9 Å². The van der Waals surface area contributed by atoms with Gasteiger partial charge in [-0.1, -0.05) is 30.3 Å². The predicted octanol–water partition coefficient (Wildman–Crippen LogP) is 2.41. The van der Waals surface area contributed by atoms with Crippen LogP contribution in [0.2, 0.25) is 0 Å². The second-order valence-corrected chi connectivity index (χ2v) is 6.32. The van der Waals surface area contributed by atoms with Crippen LogP contribution in [-0.2, 0) is 4.74 Å². The number of nitrogens with one attached hydrogen (secondary N) is 2. The van der Waals surface area contributed by atoms with Crippen molar-refractivity contribution in [2.24, 2.45) is 4.99 Å². The van der Waals surface area contributed by atoms with E-state index in [1.165, 1.54) is 18.4 Å². The molecule has 5 heteroatoms. The minimum atomic E-state index is 0.233. The van der Waals surface area contributed by atoms with Crippen LogP contribution in [0.5, 0.6) is 0 Å². The Labute approximate surface area is 146 Å². The first-order chi connectivity index (χ1) is 11.7. The van der Waals surface area contributed by atoms with Gasteiger partial charge < -0.3 is 15.4 Å². The van der Waals surface area contributed by atoms with E-state index in [9.17, 15) is 0 Å². The SMILES string of the molecule is CCNC(=NCC1CCCN1CCOC)NC(C)c1ccccc1. The molecule has 0 radical (unpaired) electrons. The van der Waals surface area contributed by atoms with E-state index in [1.807, 2.05) is 6.07 Å². The van der Waals surface area contributed by atoms with Gasteiger partial charge >= 0.3 is 0 Å². The molecule has 24 heavy (non-hydrogen) atoms. The van der Waals surface area contributed by atoms with Gasteiger partial charge in [-0.3, -0.25) is 9.89 Å². The fraction of sp³-hybridized carbons (Fsp3) is 0.632. The molecule has 2 rings (SSSR count). The smallest absolute Gasteiger partial charge is 0.191 e. The first kappa shape index (κ1) is 18.7. The Bertz CT molecular complexity index is 491. The van der Waals surface area contributed by atoms with E-state index in [2.05, 4.69) is 53.6 Å². The highest BCUT2D eigenvalue weighted by molar-refractivity contribution is 5.80. The molecule has 0 saturated carbocycles. The Kier molecular flexibility index (Phi) is 8.05. The van der Waals surface area contributed by atoms with Crippen LogP contribution in [0.25, 0.3) is 0 Å². The Morgan fingerprint density at radius 3 is 2.88 bits per heavy atom. The van der Waals surface area contributed by atoms with Gasteiger partial charge in [-0.15, -0.1) is 0 Å². The molecule has 2 atom stereocenters. The summed E-state index contributed by atoms with van der Waals surface area (Å²) in [6.45, 7) is 8.93. The Hall–Kier alpha value is -1.59. The zero-order valence-corrected chi connectivity index (χ0v) is 15.3. The highest BCUT2D eigenvalue weighted by Gasteiger charge is 2.23. The summed E-state index contributed by atoms with van der Waals surface area (Å²) in [5.74, 6) is 0.896. The van der Waals surface area contributed by atoms with Crippen LogP contribution in [0, 0.1) is 0 Å². The third-order valence-electron chi connectivity index (χ3n) is 4.54. The lowest BCUT2D eigenvalue weighted by atomic mass is 10.1. The lowest BCUT2D eigenvalue weighted by Crippen LogP contribution is -2.40. The number of methoxy groups -OCH3 is 1. The maximum absolute atomic E-state index is 5.22. The third kappa shape index (κ3) is 5.80. The van der Waals surface area contributed by atoms with Crippen molar-refractivity contribution in [3.63, 3.8) is 0 Å². The minimum Gasteiger partial charge on any atom is -0.383 e. The Morgan fingerprint density at radius 1 is 1.38 bits per heavy atom. The fourth-order valence-electron chi connectivity index (χ4n) is 3.15. The zero-order valence-electron chi connectivity index (χ0n) is 15.3. The second kappa shape index (κ2) is 10.3. The van der Waals surface area contributed by atoms with Crippen molar-refractivity contribution in [2.45, 2.75) is 38.8 Å². The Morgan fingerprint density at radius 2 is 2.17 bits per heavy atom. The molecule has 2 N–H and O–H groups in total. The number of aliphatic imine (C=N–C) groups is 1. The lowest BCUT2D eigenvalue weighted by Gasteiger charge is -2.23. The van der Waals surface area contributed by atoms with E-state index in [0.29, 0.717) is 6.04 Å². The van der Waals surface area contributed by atoms with Gasteiger partial charge in [0.05, 0.1) is 19.2 Å². The summed E-state index contributed by atoms with van der Waals surface area (Å²) < 4.78 is 5.22. The van der Waals surface area contributed by atoms with Crippen LogP contribution in [0.4, 0.5) is 0 Å². The molecule has 2 unspecified atom stereocenters. The van der Waals surface area contributed by atoms with Gasteiger partial charge in [0.15, 0.2) is 5.96 Å². The van der Waals surface area contributed by atoms with Gasteiger partial charge in [-0.05, 0) is 38.8 Å². The summed E-state index contributed by atoms with van der Waals surface area (Å²) >= 11 is 0. The standard InChI is InChI=1S/C19H32N4O/c1-4-20-19(22-16(2)17-9-6-5-7-10-17)21-15-18-11-8-12-23(18)13-14-24-3/h5-7,9-10,16,18H,4,8,11-15H2,1-3H3,(H2,20,21,22). The number of nitrogens with zero attached hydrogens (tertiary/aromatic N) is 2. The molecule has 0 amide bonds. The van der Waals surface area contributed by atoms with Crippen molar-refractivity contribution in [3.05, 3.63) is 35.9 Å². The molecule has 1 aliphatic rings. The van der Waals surface area contributed by atoms with Gasteiger partial charge in [-0.25, -0.2) is 0 Å². The monoisotopic (exact) mass is 332 g/mol. The van der Waals surface area contributed by atoms with E-state index in [-0.39, 0.29) is 6.04 Å². The number of guanidine groups is 1. The second-order valence-electron chi connectivity index (χ2n) is 6.32. The normalized spacial score (nSPS) is 20.1. The highest BCUT2D eigenvalue weighted by Crippen LogP contribution is 2.17.